The maximum Gasteiger partial charge on any atom is 0.161 e. The van der Waals surface area contributed by atoms with E-state index in [1.807, 2.05) is 23.5 Å². The van der Waals surface area contributed by atoms with Gasteiger partial charge in [0, 0.05) is 42.4 Å². The molecule has 238 valence electrons. The fourth-order valence-corrected chi connectivity index (χ4v) is 8.61. The van der Waals surface area contributed by atoms with Crippen LogP contribution < -0.4 is 0 Å². The lowest BCUT2D eigenvalue weighted by atomic mass is 9.90. The minimum Gasteiger partial charge on any atom is -0.228 e. The van der Waals surface area contributed by atoms with E-state index in [-0.39, 0.29) is 0 Å². The van der Waals surface area contributed by atoms with E-state index < -0.39 is 0 Å². The highest BCUT2D eigenvalue weighted by Gasteiger charge is 2.20. The van der Waals surface area contributed by atoms with Gasteiger partial charge in [0.1, 0.15) is 0 Å². The number of fused-ring (bicyclic) bond motifs is 6. The lowest BCUT2D eigenvalue weighted by Gasteiger charge is -2.15. The van der Waals surface area contributed by atoms with Crippen molar-refractivity contribution >= 4 is 53.1 Å². The molecule has 0 atom stereocenters. The van der Waals surface area contributed by atoms with Crippen molar-refractivity contribution in [1.82, 2.24) is 9.97 Å². The summed E-state index contributed by atoms with van der Waals surface area (Å²) >= 11 is 1.84. The molecule has 8 aromatic carbocycles. The zero-order valence-electron chi connectivity index (χ0n) is 27.6. The van der Waals surface area contributed by atoms with Gasteiger partial charge in [-0.15, -0.1) is 11.3 Å². The molecule has 2 aromatic heterocycles. The fourth-order valence-electron chi connectivity index (χ4n) is 7.49. The van der Waals surface area contributed by atoms with Crippen molar-refractivity contribution in [1.29, 1.82) is 0 Å². The van der Waals surface area contributed by atoms with E-state index in [2.05, 4.69) is 170 Å². The SMILES string of the molecule is c1ccc(-c2cc(-c3ccccc3)nc(-c3ccc4sc5ccccc5c4c3-c3ccc(-c4cc5ccccc5c5ccccc45)cc3)n2)cc1. The van der Waals surface area contributed by atoms with Crippen LogP contribution in [0.1, 0.15) is 0 Å². The second-order valence-corrected chi connectivity index (χ2v) is 14.0. The molecule has 10 aromatic rings. The summed E-state index contributed by atoms with van der Waals surface area (Å²) in [5.74, 6) is 0.715. The summed E-state index contributed by atoms with van der Waals surface area (Å²) in [6.07, 6.45) is 0. The van der Waals surface area contributed by atoms with Crippen LogP contribution in [0.25, 0.3) is 97.9 Å². The van der Waals surface area contributed by atoms with Gasteiger partial charge in [0.2, 0.25) is 0 Å². The predicted octanol–water partition coefficient (Wildman–Crippen LogP) is 13.5. The van der Waals surface area contributed by atoms with Gasteiger partial charge < -0.3 is 0 Å². The van der Waals surface area contributed by atoms with Crippen LogP contribution in [0.3, 0.4) is 0 Å². The third kappa shape index (κ3) is 5.10. The van der Waals surface area contributed by atoms with Crippen molar-refractivity contribution in [3.63, 3.8) is 0 Å². The number of hydrogen-bond donors (Lipinski definition) is 0. The fraction of sp³-hybridized carbons (Fsp3) is 0. The Morgan fingerprint density at radius 2 is 0.922 bits per heavy atom. The average Bonchev–Trinajstić information content (AvgIpc) is 3.60. The minimum absolute atomic E-state index is 0.715. The molecule has 0 radical (unpaired) electrons. The number of aromatic nitrogens is 2. The molecule has 51 heavy (non-hydrogen) atoms. The molecule has 2 nitrogen and oxygen atoms in total. The predicted molar refractivity (Wildman–Crippen MR) is 217 cm³/mol. The molecule has 0 fully saturated rings. The van der Waals surface area contributed by atoms with E-state index in [9.17, 15) is 0 Å². The first kappa shape index (κ1) is 29.5. The van der Waals surface area contributed by atoms with Crippen LogP contribution in [0.4, 0.5) is 0 Å². The number of thiophene rings is 1. The summed E-state index contributed by atoms with van der Waals surface area (Å²) in [7, 11) is 0. The van der Waals surface area contributed by atoms with Gasteiger partial charge in [-0.3, -0.25) is 0 Å². The first-order chi connectivity index (χ1) is 25.3. The van der Waals surface area contributed by atoms with Gasteiger partial charge in [-0.05, 0) is 68.6 Å². The molecule has 10 rings (SSSR count). The number of rotatable bonds is 5. The maximum absolute atomic E-state index is 5.28. The number of benzene rings is 8. The molecule has 0 aliphatic rings. The average molecular weight is 667 g/mol. The van der Waals surface area contributed by atoms with E-state index in [1.165, 1.54) is 52.8 Å². The summed E-state index contributed by atoms with van der Waals surface area (Å²) in [4.78, 5) is 10.6. The van der Waals surface area contributed by atoms with Crippen molar-refractivity contribution in [2.75, 3.05) is 0 Å². The van der Waals surface area contributed by atoms with Crippen LogP contribution in [0.5, 0.6) is 0 Å². The summed E-state index contributed by atoms with van der Waals surface area (Å²) in [5.41, 5.74) is 9.68. The van der Waals surface area contributed by atoms with Crippen LogP contribution in [-0.4, -0.2) is 9.97 Å². The summed E-state index contributed by atoms with van der Waals surface area (Å²) in [6, 6.07) is 65.0. The van der Waals surface area contributed by atoms with Gasteiger partial charge in [-0.2, -0.15) is 0 Å². The van der Waals surface area contributed by atoms with Gasteiger partial charge in [0.05, 0.1) is 11.4 Å². The molecule has 0 aliphatic heterocycles. The second-order valence-electron chi connectivity index (χ2n) is 12.9. The van der Waals surface area contributed by atoms with Crippen LogP contribution in [0.2, 0.25) is 0 Å². The Balaban J connectivity index is 1.21. The van der Waals surface area contributed by atoms with Gasteiger partial charge in [0.15, 0.2) is 5.82 Å². The second kappa shape index (κ2) is 12.2. The molecule has 0 unspecified atom stereocenters. The van der Waals surface area contributed by atoms with Crippen LogP contribution in [-0.2, 0) is 0 Å². The van der Waals surface area contributed by atoms with Crippen molar-refractivity contribution in [2.24, 2.45) is 0 Å². The normalized spacial score (nSPS) is 11.5. The molecule has 0 amide bonds. The van der Waals surface area contributed by atoms with E-state index in [0.717, 1.165) is 39.2 Å². The summed E-state index contributed by atoms with van der Waals surface area (Å²) < 4.78 is 2.52. The highest BCUT2D eigenvalue weighted by Crippen LogP contribution is 2.45. The summed E-state index contributed by atoms with van der Waals surface area (Å²) in [5, 5.41) is 7.55. The number of hydrogen-bond acceptors (Lipinski definition) is 3. The Labute approximate surface area is 300 Å². The van der Waals surface area contributed by atoms with Crippen molar-refractivity contribution in [3.8, 4) is 56.2 Å². The molecule has 0 aliphatic carbocycles. The molecular formula is C48H30N2S. The van der Waals surface area contributed by atoms with Crippen LogP contribution in [0, 0.1) is 0 Å². The highest BCUT2D eigenvalue weighted by molar-refractivity contribution is 7.26. The summed E-state index contributed by atoms with van der Waals surface area (Å²) in [6.45, 7) is 0. The van der Waals surface area contributed by atoms with Gasteiger partial charge in [0.25, 0.3) is 0 Å². The monoisotopic (exact) mass is 666 g/mol. The molecular weight excluding hydrogens is 637 g/mol. The zero-order valence-corrected chi connectivity index (χ0v) is 28.4. The Kier molecular flexibility index (Phi) is 7.04. The molecule has 3 heteroatoms. The van der Waals surface area contributed by atoms with Crippen molar-refractivity contribution in [3.05, 3.63) is 182 Å². The minimum atomic E-state index is 0.715. The van der Waals surface area contributed by atoms with Gasteiger partial charge in [-0.1, -0.05) is 152 Å². The van der Waals surface area contributed by atoms with Gasteiger partial charge in [-0.25, -0.2) is 9.97 Å². The Hall–Kier alpha value is -6.42. The van der Waals surface area contributed by atoms with Crippen LogP contribution in [0.15, 0.2) is 182 Å². The Bertz CT molecular complexity index is 2830. The first-order valence-corrected chi connectivity index (χ1v) is 18.1. The van der Waals surface area contributed by atoms with Gasteiger partial charge >= 0.3 is 0 Å². The molecule has 0 saturated heterocycles. The van der Waals surface area contributed by atoms with Crippen molar-refractivity contribution in [2.45, 2.75) is 0 Å². The Morgan fingerprint density at radius 3 is 1.63 bits per heavy atom. The quantitative estimate of drug-likeness (QED) is 0.171. The maximum atomic E-state index is 5.28. The van der Waals surface area contributed by atoms with E-state index >= 15 is 0 Å². The molecule has 2 heterocycles. The van der Waals surface area contributed by atoms with Crippen molar-refractivity contribution < 1.29 is 0 Å². The standard InChI is InChI=1S/C48H30N2S/c1-3-13-32(14-4-1)42-30-43(33-15-5-2-6-16-33)50-48(49-42)40-27-28-45-47(39-21-11-12-22-44(39)51-45)46(40)34-25-23-31(24-26-34)41-29-35-17-7-8-18-36(35)37-19-9-10-20-38(37)41/h1-30H. The van der Waals surface area contributed by atoms with E-state index in [0.29, 0.717) is 5.82 Å². The number of nitrogens with zero attached hydrogens (tertiary/aromatic N) is 2. The van der Waals surface area contributed by atoms with Crippen LogP contribution >= 0.6 is 11.3 Å². The largest absolute Gasteiger partial charge is 0.228 e. The topological polar surface area (TPSA) is 25.8 Å². The smallest absolute Gasteiger partial charge is 0.161 e. The third-order valence-corrected chi connectivity index (χ3v) is 11.0. The highest BCUT2D eigenvalue weighted by atomic mass is 32.1. The van der Waals surface area contributed by atoms with E-state index in [4.69, 9.17) is 9.97 Å². The molecule has 0 saturated carbocycles. The lowest BCUT2D eigenvalue weighted by molar-refractivity contribution is 1.18. The third-order valence-electron chi connectivity index (χ3n) is 9.90. The Morgan fingerprint density at radius 1 is 0.353 bits per heavy atom. The first-order valence-electron chi connectivity index (χ1n) is 17.2. The molecule has 0 N–H and O–H groups in total. The van der Waals surface area contributed by atoms with E-state index in [1.54, 1.807) is 0 Å². The lowest BCUT2D eigenvalue weighted by Crippen LogP contribution is -1.98. The molecule has 0 spiro atoms. The zero-order chi connectivity index (χ0) is 33.7. The molecule has 0 bridgehead atoms.